The van der Waals surface area contributed by atoms with Crippen LogP contribution in [0.25, 0.3) is 0 Å². The van der Waals surface area contributed by atoms with Gasteiger partial charge in [0.2, 0.25) is 0 Å². The second kappa shape index (κ2) is 4.75. The van der Waals surface area contributed by atoms with E-state index in [9.17, 15) is 0 Å². The van der Waals surface area contributed by atoms with Crippen LogP contribution in [0.1, 0.15) is 43.7 Å². The van der Waals surface area contributed by atoms with Crippen LogP contribution in [0.15, 0.2) is 18.2 Å². The highest BCUT2D eigenvalue weighted by Crippen LogP contribution is 2.28. The summed E-state index contributed by atoms with van der Waals surface area (Å²) in [5.41, 5.74) is 2.53. The van der Waals surface area contributed by atoms with E-state index in [1.54, 1.807) is 0 Å². The quantitative estimate of drug-likeness (QED) is 0.690. The van der Waals surface area contributed by atoms with E-state index in [0.29, 0.717) is 12.8 Å². The largest absolute Gasteiger partial charge is 0.435 e. The SMILES string of the molecule is Cc1ccc2c(c1)C=[N+](C1CCCCC1C)CO2. The van der Waals surface area contributed by atoms with Crippen molar-refractivity contribution in [2.45, 2.75) is 45.6 Å². The molecule has 18 heavy (non-hydrogen) atoms. The Hall–Kier alpha value is -1.31. The Kier molecular flexibility index (Phi) is 3.11. The summed E-state index contributed by atoms with van der Waals surface area (Å²) in [6.07, 6.45) is 7.72. The fourth-order valence-electron chi connectivity index (χ4n) is 3.24. The number of ether oxygens (including phenoxy) is 1. The normalized spacial score (nSPS) is 27.1. The van der Waals surface area contributed by atoms with Crippen molar-refractivity contribution in [2.75, 3.05) is 6.73 Å². The molecule has 2 aliphatic rings. The number of aryl methyl sites for hydroxylation is 1. The van der Waals surface area contributed by atoms with Gasteiger partial charge in [-0.1, -0.05) is 25.0 Å². The molecule has 0 spiro atoms. The molecule has 1 aliphatic heterocycles. The Morgan fingerprint density at radius 3 is 2.89 bits per heavy atom. The molecule has 3 rings (SSSR count). The Balaban J connectivity index is 1.90. The Labute approximate surface area is 109 Å². The van der Waals surface area contributed by atoms with E-state index in [1.165, 1.54) is 36.8 Å². The number of hydrogen-bond acceptors (Lipinski definition) is 1. The average molecular weight is 244 g/mol. The number of rotatable bonds is 1. The third-order valence-corrected chi connectivity index (χ3v) is 4.33. The van der Waals surface area contributed by atoms with Crippen molar-refractivity contribution in [2.24, 2.45) is 5.92 Å². The lowest BCUT2D eigenvalue weighted by Crippen LogP contribution is -2.39. The predicted octanol–water partition coefficient (Wildman–Crippen LogP) is 3.36. The van der Waals surface area contributed by atoms with Crippen LogP contribution in [0.4, 0.5) is 0 Å². The summed E-state index contributed by atoms with van der Waals surface area (Å²) in [6.45, 7) is 5.23. The zero-order chi connectivity index (χ0) is 12.5. The summed E-state index contributed by atoms with van der Waals surface area (Å²) < 4.78 is 8.30. The van der Waals surface area contributed by atoms with Crippen molar-refractivity contribution in [1.82, 2.24) is 0 Å². The molecule has 0 N–H and O–H groups in total. The van der Waals surface area contributed by atoms with Crippen LogP contribution in [0, 0.1) is 12.8 Å². The number of fused-ring (bicyclic) bond motifs is 1. The summed E-state index contributed by atoms with van der Waals surface area (Å²) in [5.74, 6) is 1.81. The van der Waals surface area contributed by atoms with E-state index in [4.69, 9.17) is 4.74 Å². The molecule has 2 unspecified atom stereocenters. The molecular formula is C16H22NO+. The summed E-state index contributed by atoms with van der Waals surface area (Å²) in [5, 5.41) is 0. The summed E-state index contributed by atoms with van der Waals surface area (Å²) in [6, 6.07) is 7.08. The van der Waals surface area contributed by atoms with Gasteiger partial charge in [0.15, 0.2) is 12.3 Å². The van der Waals surface area contributed by atoms with E-state index in [2.05, 4.69) is 42.8 Å². The highest BCUT2D eigenvalue weighted by molar-refractivity contribution is 5.81. The fraction of sp³-hybridized carbons (Fsp3) is 0.562. The minimum Gasteiger partial charge on any atom is -0.435 e. The van der Waals surface area contributed by atoms with Gasteiger partial charge in [-0.15, -0.1) is 0 Å². The van der Waals surface area contributed by atoms with Gasteiger partial charge >= 0.3 is 0 Å². The first-order chi connectivity index (χ1) is 8.74. The molecule has 2 heteroatoms. The number of benzene rings is 1. The highest BCUT2D eigenvalue weighted by Gasteiger charge is 2.32. The van der Waals surface area contributed by atoms with Gasteiger partial charge in [0, 0.05) is 12.3 Å². The van der Waals surface area contributed by atoms with Gasteiger partial charge in [0.1, 0.15) is 5.75 Å². The molecule has 0 amide bonds. The maximum Gasteiger partial charge on any atom is 0.287 e. The number of nitrogens with zero attached hydrogens (tertiary/aromatic N) is 1. The van der Waals surface area contributed by atoms with Crippen molar-refractivity contribution >= 4 is 6.21 Å². The standard InChI is InChI=1S/C16H22NO/c1-12-7-8-16-14(9-12)10-17(11-18-16)15-6-4-3-5-13(15)2/h7-10,13,15H,3-6,11H2,1-2H3/q+1. The summed E-state index contributed by atoms with van der Waals surface area (Å²) >= 11 is 0. The van der Waals surface area contributed by atoms with Gasteiger partial charge < -0.3 is 4.74 Å². The molecule has 0 aromatic heterocycles. The third-order valence-electron chi connectivity index (χ3n) is 4.33. The molecule has 1 saturated carbocycles. The van der Waals surface area contributed by atoms with Gasteiger partial charge in [-0.25, -0.2) is 0 Å². The van der Waals surface area contributed by atoms with Crippen LogP contribution in [-0.2, 0) is 0 Å². The lowest BCUT2D eigenvalue weighted by Gasteiger charge is -2.28. The summed E-state index contributed by atoms with van der Waals surface area (Å²) in [7, 11) is 0. The minimum absolute atomic E-state index is 0.660. The first-order valence-corrected chi connectivity index (χ1v) is 7.08. The fourth-order valence-corrected chi connectivity index (χ4v) is 3.24. The average Bonchev–Trinajstić information content (AvgIpc) is 2.38. The molecule has 1 aromatic rings. The van der Waals surface area contributed by atoms with Crippen LogP contribution in [0.5, 0.6) is 5.75 Å². The molecule has 1 fully saturated rings. The highest BCUT2D eigenvalue weighted by atomic mass is 16.5. The van der Waals surface area contributed by atoms with Gasteiger partial charge in [0.25, 0.3) is 6.73 Å². The molecular weight excluding hydrogens is 222 g/mol. The zero-order valence-corrected chi connectivity index (χ0v) is 11.4. The van der Waals surface area contributed by atoms with Crippen LogP contribution in [-0.4, -0.2) is 23.6 Å². The Morgan fingerprint density at radius 1 is 1.22 bits per heavy atom. The van der Waals surface area contributed by atoms with E-state index >= 15 is 0 Å². The second-order valence-corrected chi connectivity index (χ2v) is 5.79. The smallest absolute Gasteiger partial charge is 0.287 e. The molecule has 1 aromatic carbocycles. The molecule has 1 heterocycles. The lowest BCUT2D eigenvalue weighted by molar-refractivity contribution is -0.601. The lowest BCUT2D eigenvalue weighted by atomic mass is 9.85. The first-order valence-electron chi connectivity index (χ1n) is 7.08. The van der Waals surface area contributed by atoms with Crippen molar-refractivity contribution in [3.8, 4) is 5.75 Å². The second-order valence-electron chi connectivity index (χ2n) is 5.79. The van der Waals surface area contributed by atoms with Crippen molar-refractivity contribution in [1.29, 1.82) is 0 Å². The molecule has 0 bridgehead atoms. The van der Waals surface area contributed by atoms with E-state index < -0.39 is 0 Å². The molecule has 2 nitrogen and oxygen atoms in total. The van der Waals surface area contributed by atoms with Gasteiger partial charge in [0.05, 0.1) is 5.56 Å². The molecule has 0 saturated heterocycles. The first kappa shape index (κ1) is 11.8. The van der Waals surface area contributed by atoms with Crippen LogP contribution in [0.3, 0.4) is 0 Å². The maximum absolute atomic E-state index is 5.89. The van der Waals surface area contributed by atoms with Gasteiger partial charge in [-0.05, 0) is 31.9 Å². The van der Waals surface area contributed by atoms with Crippen LogP contribution >= 0.6 is 0 Å². The maximum atomic E-state index is 5.89. The topological polar surface area (TPSA) is 12.2 Å². The Morgan fingerprint density at radius 2 is 2.06 bits per heavy atom. The van der Waals surface area contributed by atoms with Crippen molar-refractivity contribution < 1.29 is 9.31 Å². The molecule has 0 radical (unpaired) electrons. The van der Waals surface area contributed by atoms with E-state index in [0.717, 1.165) is 11.7 Å². The monoisotopic (exact) mass is 244 g/mol. The van der Waals surface area contributed by atoms with Crippen LogP contribution in [0.2, 0.25) is 0 Å². The molecule has 2 atom stereocenters. The van der Waals surface area contributed by atoms with Crippen molar-refractivity contribution in [3.63, 3.8) is 0 Å². The number of hydrogen-bond donors (Lipinski definition) is 0. The van der Waals surface area contributed by atoms with Gasteiger partial charge in [-0.3, -0.25) is 0 Å². The third kappa shape index (κ3) is 2.16. The Bertz CT molecular complexity index is 478. The van der Waals surface area contributed by atoms with E-state index in [-0.39, 0.29) is 0 Å². The summed E-state index contributed by atoms with van der Waals surface area (Å²) in [4.78, 5) is 0. The zero-order valence-electron chi connectivity index (χ0n) is 11.4. The van der Waals surface area contributed by atoms with Crippen LogP contribution < -0.4 is 4.74 Å². The molecule has 1 aliphatic carbocycles. The van der Waals surface area contributed by atoms with Gasteiger partial charge in [-0.2, -0.15) is 4.58 Å². The minimum atomic E-state index is 0.660. The van der Waals surface area contributed by atoms with E-state index in [1.807, 2.05) is 0 Å². The predicted molar refractivity (Wildman–Crippen MR) is 73.5 cm³/mol. The molecule has 96 valence electrons. The van der Waals surface area contributed by atoms with Crippen molar-refractivity contribution in [3.05, 3.63) is 29.3 Å².